The minimum absolute atomic E-state index is 0.0186. The Bertz CT molecular complexity index is 1100. The molecule has 0 bridgehead atoms. The molecule has 1 fully saturated rings. The highest BCUT2D eigenvalue weighted by atomic mass is 16.5. The van der Waals surface area contributed by atoms with Crippen LogP contribution in [-0.2, 0) is 16.1 Å². The topological polar surface area (TPSA) is 116 Å². The second-order valence-electron chi connectivity index (χ2n) is 8.02. The fourth-order valence-corrected chi connectivity index (χ4v) is 4.17. The Hall–Kier alpha value is -3.72. The fourth-order valence-electron chi connectivity index (χ4n) is 4.17. The molecule has 9 heteroatoms. The van der Waals surface area contributed by atoms with E-state index in [-0.39, 0.29) is 30.6 Å². The van der Waals surface area contributed by atoms with E-state index >= 15 is 0 Å². The lowest BCUT2D eigenvalue weighted by Crippen LogP contribution is -2.54. The predicted octanol–water partition coefficient (Wildman–Crippen LogP) is 1.49. The van der Waals surface area contributed by atoms with E-state index < -0.39 is 29.7 Å². The van der Waals surface area contributed by atoms with Gasteiger partial charge in [0.25, 0.3) is 11.8 Å². The maximum Gasteiger partial charge on any atom is 0.262 e. The summed E-state index contributed by atoms with van der Waals surface area (Å²) in [4.78, 5) is 52.7. The van der Waals surface area contributed by atoms with Gasteiger partial charge in [-0.05, 0) is 48.7 Å². The van der Waals surface area contributed by atoms with Gasteiger partial charge in [-0.25, -0.2) is 0 Å². The Labute approximate surface area is 190 Å². The van der Waals surface area contributed by atoms with Crippen molar-refractivity contribution in [2.24, 2.45) is 0 Å². The summed E-state index contributed by atoms with van der Waals surface area (Å²) < 4.78 is 5.20. The predicted molar refractivity (Wildman–Crippen MR) is 119 cm³/mol. The molecule has 1 saturated heterocycles. The first kappa shape index (κ1) is 22.5. The smallest absolute Gasteiger partial charge is 0.262 e. The molecule has 1 atom stereocenters. The summed E-state index contributed by atoms with van der Waals surface area (Å²) in [7, 11) is 1.60. The number of nitrogens with one attached hydrogen (secondary N) is 1. The number of amides is 4. The van der Waals surface area contributed by atoms with Crippen LogP contribution in [0.4, 0.5) is 5.69 Å². The molecule has 1 unspecified atom stereocenters. The number of carbonyl (C=O) groups excluding carboxylic acids is 4. The largest absolute Gasteiger partial charge is 0.497 e. The third kappa shape index (κ3) is 4.45. The van der Waals surface area contributed by atoms with Crippen LogP contribution in [0.15, 0.2) is 42.5 Å². The molecule has 33 heavy (non-hydrogen) atoms. The van der Waals surface area contributed by atoms with E-state index in [0.29, 0.717) is 19.5 Å². The lowest BCUT2D eigenvalue weighted by Gasteiger charge is -2.27. The molecule has 2 aliphatic rings. The molecule has 0 radical (unpaired) electrons. The molecule has 0 aliphatic carbocycles. The van der Waals surface area contributed by atoms with Gasteiger partial charge in [0.2, 0.25) is 11.8 Å². The molecule has 0 spiro atoms. The van der Waals surface area contributed by atoms with Gasteiger partial charge in [0.1, 0.15) is 11.8 Å². The van der Waals surface area contributed by atoms with Crippen molar-refractivity contribution < 1.29 is 29.0 Å². The molecule has 172 valence electrons. The molecule has 0 saturated carbocycles. The normalized spacial score (nSPS) is 17.8. The lowest BCUT2D eigenvalue weighted by molar-refractivity contribution is -0.136. The van der Waals surface area contributed by atoms with Gasteiger partial charge < -0.3 is 14.7 Å². The number of anilines is 1. The van der Waals surface area contributed by atoms with Gasteiger partial charge in [-0.1, -0.05) is 12.1 Å². The summed E-state index contributed by atoms with van der Waals surface area (Å²) in [6.45, 7) is 1.09. The van der Waals surface area contributed by atoms with Crippen LogP contribution in [0.1, 0.15) is 45.5 Å². The lowest BCUT2D eigenvalue weighted by atomic mass is 10.0. The number of imide groups is 2. The first-order valence-corrected chi connectivity index (χ1v) is 10.8. The Kier molecular flexibility index (Phi) is 6.41. The Morgan fingerprint density at radius 2 is 1.79 bits per heavy atom. The molecule has 9 nitrogen and oxygen atoms in total. The van der Waals surface area contributed by atoms with E-state index in [4.69, 9.17) is 4.74 Å². The van der Waals surface area contributed by atoms with E-state index in [1.165, 1.54) is 0 Å². The van der Waals surface area contributed by atoms with Gasteiger partial charge in [0.15, 0.2) is 0 Å². The average molecular weight is 451 g/mol. The monoisotopic (exact) mass is 451 g/mol. The number of rotatable bonds is 8. The zero-order valence-corrected chi connectivity index (χ0v) is 18.2. The Balaban J connectivity index is 1.60. The number of aliphatic hydroxyl groups excluding tert-OH is 1. The number of ether oxygens (including phenoxy) is 1. The molecule has 2 aliphatic heterocycles. The Morgan fingerprint density at radius 1 is 1.06 bits per heavy atom. The number of carbonyl (C=O) groups is 4. The average Bonchev–Trinajstić information content (AvgIpc) is 3.06. The van der Waals surface area contributed by atoms with E-state index in [2.05, 4.69) is 5.32 Å². The van der Waals surface area contributed by atoms with Crippen molar-refractivity contribution >= 4 is 29.3 Å². The number of hydrogen-bond acceptors (Lipinski definition) is 7. The second kappa shape index (κ2) is 9.41. The quantitative estimate of drug-likeness (QED) is 0.584. The van der Waals surface area contributed by atoms with Crippen LogP contribution in [0.2, 0.25) is 0 Å². The highest BCUT2D eigenvalue weighted by Gasteiger charge is 2.44. The van der Waals surface area contributed by atoms with E-state index in [1.54, 1.807) is 25.3 Å². The van der Waals surface area contributed by atoms with Crippen molar-refractivity contribution in [1.82, 2.24) is 10.2 Å². The van der Waals surface area contributed by atoms with Crippen molar-refractivity contribution in [3.05, 3.63) is 59.2 Å². The number of methoxy groups -OCH3 is 1. The van der Waals surface area contributed by atoms with Crippen molar-refractivity contribution in [3.8, 4) is 5.75 Å². The summed E-state index contributed by atoms with van der Waals surface area (Å²) in [6, 6.07) is 11.6. The highest BCUT2D eigenvalue weighted by Crippen LogP contribution is 2.31. The number of aliphatic hydroxyl groups is 1. The van der Waals surface area contributed by atoms with E-state index in [9.17, 15) is 24.3 Å². The number of nitrogens with zero attached hydrogens (tertiary/aromatic N) is 2. The number of hydrogen-bond donors (Lipinski definition) is 2. The van der Waals surface area contributed by atoms with Crippen LogP contribution < -0.4 is 15.0 Å². The zero-order valence-electron chi connectivity index (χ0n) is 18.2. The SMILES string of the molecule is COc1ccc(CN(CCCO)c2ccc3c(c2)C(=O)N(C2CCC(=O)NC2=O)C3=O)cc1. The third-order valence-corrected chi connectivity index (χ3v) is 5.91. The van der Waals surface area contributed by atoms with Crippen molar-refractivity contribution in [1.29, 1.82) is 0 Å². The molecule has 4 amide bonds. The molecule has 2 aromatic rings. The molecule has 2 N–H and O–H groups in total. The van der Waals surface area contributed by atoms with E-state index in [1.807, 2.05) is 29.2 Å². The minimum Gasteiger partial charge on any atom is -0.497 e. The van der Waals surface area contributed by atoms with Crippen molar-refractivity contribution in [2.45, 2.75) is 31.8 Å². The summed E-state index contributed by atoms with van der Waals surface area (Å²) in [5.41, 5.74) is 2.21. The van der Waals surface area contributed by atoms with Crippen molar-refractivity contribution in [2.75, 3.05) is 25.2 Å². The highest BCUT2D eigenvalue weighted by molar-refractivity contribution is 6.23. The molecular formula is C24H25N3O6. The number of benzene rings is 2. The van der Waals surface area contributed by atoms with Crippen LogP contribution in [-0.4, -0.2) is 59.9 Å². The first-order valence-electron chi connectivity index (χ1n) is 10.8. The summed E-state index contributed by atoms with van der Waals surface area (Å²) in [6.07, 6.45) is 0.720. The standard InChI is InChI=1S/C24H25N3O6/c1-33-17-6-3-15(4-7-17)14-26(11-2-12-28)16-5-8-18-19(13-16)24(32)27(23(18)31)20-9-10-21(29)25-22(20)30/h3-8,13,20,28H,2,9-12,14H2,1H3,(H,25,29,30). The fraction of sp³-hybridized carbons (Fsp3) is 0.333. The van der Waals surface area contributed by atoms with Gasteiger partial charge in [-0.3, -0.25) is 29.4 Å². The molecular weight excluding hydrogens is 426 g/mol. The maximum atomic E-state index is 13.1. The van der Waals surface area contributed by atoms with Gasteiger partial charge >= 0.3 is 0 Å². The molecule has 2 heterocycles. The first-order chi connectivity index (χ1) is 15.9. The van der Waals surface area contributed by atoms with Crippen LogP contribution in [0, 0.1) is 0 Å². The number of fused-ring (bicyclic) bond motifs is 1. The molecule has 2 aromatic carbocycles. The molecule has 4 rings (SSSR count). The van der Waals surface area contributed by atoms with Gasteiger partial charge in [0, 0.05) is 31.8 Å². The maximum absolute atomic E-state index is 13.1. The van der Waals surface area contributed by atoms with Crippen molar-refractivity contribution in [3.63, 3.8) is 0 Å². The summed E-state index contributed by atoms with van der Waals surface area (Å²) in [5, 5.41) is 11.5. The minimum atomic E-state index is -0.997. The second-order valence-corrected chi connectivity index (χ2v) is 8.02. The van der Waals surface area contributed by atoms with E-state index in [0.717, 1.165) is 21.9 Å². The Morgan fingerprint density at radius 3 is 2.45 bits per heavy atom. The third-order valence-electron chi connectivity index (χ3n) is 5.91. The van der Waals surface area contributed by atoms with Crippen LogP contribution in [0.3, 0.4) is 0 Å². The summed E-state index contributed by atoms with van der Waals surface area (Å²) in [5.74, 6) is -1.37. The molecule has 0 aromatic heterocycles. The van der Waals surface area contributed by atoms with Gasteiger partial charge in [-0.15, -0.1) is 0 Å². The van der Waals surface area contributed by atoms with Crippen LogP contribution in [0.25, 0.3) is 0 Å². The van der Waals surface area contributed by atoms with Gasteiger partial charge in [-0.2, -0.15) is 0 Å². The summed E-state index contributed by atoms with van der Waals surface area (Å²) >= 11 is 0. The van der Waals surface area contributed by atoms with Crippen LogP contribution in [0.5, 0.6) is 5.75 Å². The zero-order chi connectivity index (χ0) is 23.5. The van der Waals surface area contributed by atoms with Crippen LogP contribution >= 0.6 is 0 Å². The number of piperidine rings is 1. The van der Waals surface area contributed by atoms with Gasteiger partial charge in [0.05, 0.1) is 18.2 Å².